The van der Waals surface area contributed by atoms with Gasteiger partial charge in [-0.3, -0.25) is 4.79 Å². The molecule has 1 fully saturated rings. The Hall–Kier alpha value is -2.25. The zero-order valence-electron chi connectivity index (χ0n) is 15.2. The largest absolute Gasteiger partial charge is 0.465 e. The van der Waals surface area contributed by atoms with Crippen molar-refractivity contribution in [2.75, 3.05) is 13.2 Å². The van der Waals surface area contributed by atoms with E-state index in [1.807, 2.05) is 6.92 Å². The molecule has 144 valence electrons. The molecule has 0 amide bonds. The standard InChI is InChI=1S/C20H22FNO4S/c1-3-26-19(23)20(12-22)17(14-6-8-15(21)9-7-14)18(20)27(24,25)16-10-4-13(2)5-11-16/h4-11,17-18H,3,12,22H2,1-2H3/t17-,18+,20+/m1/s1. The topological polar surface area (TPSA) is 86.5 Å². The van der Waals surface area contributed by atoms with Crippen LogP contribution in [0.2, 0.25) is 0 Å². The van der Waals surface area contributed by atoms with Gasteiger partial charge in [0.05, 0.1) is 16.8 Å². The molecule has 27 heavy (non-hydrogen) atoms. The van der Waals surface area contributed by atoms with E-state index in [9.17, 15) is 17.6 Å². The Morgan fingerprint density at radius 2 is 1.74 bits per heavy atom. The molecule has 7 heteroatoms. The van der Waals surface area contributed by atoms with Crippen molar-refractivity contribution >= 4 is 15.8 Å². The summed E-state index contributed by atoms with van der Waals surface area (Å²) in [5, 5.41) is -1.05. The van der Waals surface area contributed by atoms with Gasteiger partial charge in [-0.2, -0.15) is 0 Å². The zero-order valence-corrected chi connectivity index (χ0v) is 16.0. The third-order valence-corrected chi connectivity index (χ3v) is 7.45. The minimum absolute atomic E-state index is 0.119. The molecular weight excluding hydrogens is 369 g/mol. The van der Waals surface area contributed by atoms with Gasteiger partial charge < -0.3 is 10.5 Å². The van der Waals surface area contributed by atoms with Crippen molar-refractivity contribution < 1.29 is 22.3 Å². The number of rotatable bonds is 6. The number of hydrogen-bond acceptors (Lipinski definition) is 5. The number of nitrogens with two attached hydrogens (primary N) is 1. The van der Waals surface area contributed by atoms with Crippen LogP contribution in [0, 0.1) is 18.2 Å². The Kier molecular flexibility index (Phi) is 5.10. The summed E-state index contributed by atoms with van der Waals surface area (Å²) in [7, 11) is -3.85. The van der Waals surface area contributed by atoms with Gasteiger partial charge in [0, 0.05) is 12.5 Å². The number of carbonyl (C=O) groups is 1. The van der Waals surface area contributed by atoms with E-state index in [-0.39, 0.29) is 18.0 Å². The molecule has 1 aliphatic rings. The fraction of sp³-hybridized carbons (Fsp3) is 0.350. The Labute approximate surface area is 158 Å². The molecular formula is C20H22FNO4S. The first-order valence-electron chi connectivity index (χ1n) is 8.72. The molecule has 2 aromatic rings. The van der Waals surface area contributed by atoms with Crippen molar-refractivity contribution in [2.24, 2.45) is 11.1 Å². The van der Waals surface area contributed by atoms with Crippen LogP contribution in [-0.2, 0) is 19.4 Å². The maximum absolute atomic E-state index is 13.3. The summed E-state index contributed by atoms with van der Waals surface area (Å²) in [6.07, 6.45) is 0. The summed E-state index contributed by atoms with van der Waals surface area (Å²) in [4.78, 5) is 12.8. The van der Waals surface area contributed by atoms with Crippen molar-refractivity contribution in [1.82, 2.24) is 0 Å². The number of aryl methyl sites for hydroxylation is 1. The summed E-state index contributed by atoms with van der Waals surface area (Å²) in [6, 6.07) is 11.9. The summed E-state index contributed by atoms with van der Waals surface area (Å²) in [6.45, 7) is 3.45. The second-order valence-electron chi connectivity index (χ2n) is 6.77. The Morgan fingerprint density at radius 1 is 1.15 bits per heavy atom. The fourth-order valence-electron chi connectivity index (χ4n) is 3.71. The number of benzene rings is 2. The van der Waals surface area contributed by atoms with Gasteiger partial charge in [0.1, 0.15) is 11.2 Å². The molecule has 2 N–H and O–H groups in total. The molecule has 0 unspecified atom stereocenters. The van der Waals surface area contributed by atoms with Gasteiger partial charge in [-0.25, -0.2) is 12.8 Å². The smallest absolute Gasteiger partial charge is 0.315 e. The highest BCUT2D eigenvalue weighted by Crippen LogP contribution is 2.64. The minimum atomic E-state index is -3.85. The number of sulfone groups is 1. The maximum Gasteiger partial charge on any atom is 0.315 e. The summed E-state index contributed by atoms with van der Waals surface area (Å²) >= 11 is 0. The number of carbonyl (C=O) groups excluding carboxylic acids is 1. The molecule has 0 radical (unpaired) electrons. The van der Waals surface area contributed by atoms with E-state index in [2.05, 4.69) is 0 Å². The van der Waals surface area contributed by atoms with Crippen LogP contribution in [0.25, 0.3) is 0 Å². The van der Waals surface area contributed by atoms with Gasteiger partial charge in [-0.15, -0.1) is 0 Å². The van der Waals surface area contributed by atoms with Crippen LogP contribution in [0.15, 0.2) is 53.4 Å². The molecule has 0 heterocycles. The van der Waals surface area contributed by atoms with Crippen molar-refractivity contribution in [3.05, 3.63) is 65.5 Å². The van der Waals surface area contributed by atoms with Gasteiger partial charge >= 0.3 is 5.97 Å². The molecule has 0 spiro atoms. The lowest BCUT2D eigenvalue weighted by Crippen LogP contribution is -2.33. The average molecular weight is 391 g/mol. The van der Waals surface area contributed by atoms with Gasteiger partial charge in [0.2, 0.25) is 0 Å². The van der Waals surface area contributed by atoms with Crippen molar-refractivity contribution in [3.63, 3.8) is 0 Å². The van der Waals surface area contributed by atoms with Crippen LogP contribution in [0.1, 0.15) is 24.0 Å². The second kappa shape index (κ2) is 7.05. The number of esters is 1. The number of ether oxygens (including phenoxy) is 1. The quantitative estimate of drug-likeness (QED) is 0.765. The normalized spacial score (nSPS) is 24.4. The SMILES string of the molecule is CCOC(=O)[C@@]1(CN)[C@H](c2ccc(F)cc2)[C@@H]1S(=O)(=O)c1ccc(C)cc1. The van der Waals surface area contributed by atoms with Gasteiger partial charge in [-0.05, 0) is 43.7 Å². The van der Waals surface area contributed by atoms with Crippen LogP contribution < -0.4 is 5.73 Å². The van der Waals surface area contributed by atoms with E-state index in [4.69, 9.17) is 10.5 Å². The number of halogens is 1. The summed E-state index contributed by atoms with van der Waals surface area (Å²) < 4.78 is 45.1. The Morgan fingerprint density at radius 3 is 2.26 bits per heavy atom. The van der Waals surface area contributed by atoms with Crippen LogP contribution in [0.4, 0.5) is 4.39 Å². The van der Waals surface area contributed by atoms with Crippen LogP contribution in [-0.4, -0.2) is 32.8 Å². The molecule has 3 rings (SSSR count). The van der Waals surface area contributed by atoms with Crippen molar-refractivity contribution in [2.45, 2.75) is 29.9 Å². The summed E-state index contributed by atoms with van der Waals surface area (Å²) in [5.74, 6) is -1.76. The predicted molar refractivity (Wildman–Crippen MR) is 99.4 cm³/mol. The first-order valence-corrected chi connectivity index (χ1v) is 10.3. The first-order chi connectivity index (χ1) is 12.8. The van der Waals surface area contributed by atoms with E-state index in [0.29, 0.717) is 5.56 Å². The van der Waals surface area contributed by atoms with E-state index >= 15 is 0 Å². The van der Waals surface area contributed by atoms with E-state index in [0.717, 1.165) is 5.56 Å². The van der Waals surface area contributed by atoms with E-state index < -0.39 is 38.2 Å². The lowest BCUT2D eigenvalue weighted by Gasteiger charge is -2.14. The minimum Gasteiger partial charge on any atom is -0.465 e. The van der Waals surface area contributed by atoms with E-state index in [1.54, 1.807) is 19.1 Å². The highest BCUT2D eigenvalue weighted by Gasteiger charge is 2.75. The second-order valence-corrected chi connectivity index (χ2v) is 8.84. The molecule has 2 aromatic carbocycles. The van der Waals surface area contributed by atoms with Crippen molar-refractivity contribution in [1.29, 1.82) is 0 Å². The molecule has 0 aliphatic heterocycles. The van der Waals surface area contributed by atoms with Crippen LogP contribution in [0.3, 0.4) is 0 Å². The third kappa shape index (κ3) is 3.15. The molecule has 1 aliphatic carbocycles. The predicted octanol–water partition coefficient (Wildman–Crippen LogP) is 2.58. The summed E-state index contributed by atoms with van der Waals surface area (Å²) in [5.41, 5.74) is 6.01. The lowest BCUT2D eigenvalue weighted by molar-refractivity contribution is -0.149. The fourth-order valence-corrected chi connectivity index (χ4v) is 6.09. The molecule has 1 saturated carbocycles. The van der Waals surface area contributed by atoms with E-state index in [1.165, 1.54) is 36.4 Å². The van der Waals surface area contributed by atoms with Gasteiger partial charge in [-0.1, -0.05) is 29.8 Å². The Bertz CT molecular complexity index is 941. The molecule has 5 nitrogen and oxygen atoms in total. The van der Waals surface area contributed by atoms with Gasteiger partial charge in [0.25, 0.3) is 0 Å². The average Bonchev–Trinajstić information content (AvgIpc) is 3.34. The molecule has 3 atom stereocenters. The monoisotopic (exact) mass is 391 g/mol. The van der Waals surface area contributed by atoms with Gasteiger partial charge in [0.15, 0.2) is 9.84 Å². The maximum atomic E-state index is 13.3. The highest BCUT2D eigenvalue weighted by molar-refractivity contribution is 7.92. The van der Waals surface area contributed by atoms with Crippen molar-refractivity contribution in [3.8, 4) is 0 Å². The zero-order chi connectivity index (χ0) is 19.8. The third-order valence-electron chi connectivity index (χ3n) is 5.16. The van der Waals surface area contributed by atoms with Crippen LogP contribution >= 0.6 is 0 Å². The first kappa shape index (κ1) is 19.5. The molecule has 0 bridgehead atoms. The lowest BCUT2D eigenvalue weighted by atomic mass is 9.99. The Balaban J connectivity index is 2.10. The van der Waals surface area contributed by atoms with Crippen LogP contribution in [0.5, 0.6) is 0 Å². The highest BCUT2D eigenvalue weighted by atomic mass is 32.2. The molecule has 0 saturated heterocycles. The number of hydrogen-bond donors (Lipinski definition) is 1. The molecule has 0 aromatic heterocycles.